The number of piperazine rings is 1. The van der Waals surface area contributed by atoms with Crippen molar-refractivity contribution >= 4 is 17.7 Å². The van der Waals surface area contributed by atoms with Crippen LogP contribution in [0.4, 0.5) is 0 Å². The number of carbonyl (C=O) groups excluding carboxylic acids is 3. The molecule has 0 bridgehead atoms. The van der Waals surface area contributed by atoms with Crippen LogP contribution in [0, 0.1) is 17.8 Å². The highest BCUT2D eigenvalue weighted by Crippen LogP contribution is 2.26. The number of likely N-dealkylation sites (tertiary alicyclic amines) is 2. The molecule has 0 unspecified atom stereocenters. The molecule has 0 radical (unpaired) electrons. The van der Waals surface area contributed by atoms with Crippen LogP contribution in [0.25, 0.3) is 0 Å². The molecule has 0 aromatic carbocycles. The summed E-state index contributed by atoms with van der Waals surface area (Å²) in [6, 6.07) is -0.562. The molecule has 3 saturated heterocycles. The fourth-order valence-electron chi connectivity index (χ4n) is 5.62. The van der Waals surface area contributed by atoms with Gasteiger partial charge in [-0.1, -0.05) is 27.7 Å². The SMILES string of the molecule is CC(C)C[C@@H]1NCCN([C@@H](CC(C)C)C(=O)N2CCC(CC(=O)N3CCCCC3)CC2)C1=O. The first-order valence-corrected chi connectivity index (χ1v) is 13.4. The quantitative estimate of drug-likeness (QED) is 0.602. The molecule has 3 heterocycles. The van der Waals surface area contributed by atoms with Gasteiger partial charge in [-0.2, -0.15) is 0 Å². The molecule has 0 aromatic heterocycles. The number of carbonyl (C=O) groups is 3. The summed E-state index contributed by atoms with van der Waals surface area (Å²) in [6.07, 6.45) is 7.36. The molecule has 0 aromatic rings. The molecule has 2 atom stereocenters. The Labute approximate surface area is 200 Å². The van der Waals surface area contributed by atoms with Crippen LogP contribution >= 0.6 is 0 Å². The number of nitrogens with zero attached hydrogens (tertiary/aromatic N) is 3. The maximum Gasteiger partial charge on any atom is 0.245 e. The largest absolute Gasteiger partial charge is 0.343 e. The molecule has 3 aliphatic rings. The first kappa shape index (κ1) is 26.0. The molecule has 7 nitrogen and oxygen atoms in total. The lowest BCUT2D eigenvalue weighted by Crippen LogP contribution is -2.62. The van der Waals surface area contributed by atoms with E-state index in [9.17, 15) is 14.4 Å². The summed E-state index contributed by atoms with van der Waals surface area (Å²) in [5.41, 5.74) is 0. The summed E-state index contributed by atoms with van der Waals surface area (Å²) in [5, 5.41) is 3.36. The Bertz CT molecular complexity index is 666. The van der Waals surface area contributed by atoms with E-state index in [4.69, 9.17) is 0 Å². The van der Waals surface area contributed by atoms with Crippen molar-refractivity contribution in [3.8, 4) is 0 Å². The van der Waals surface area contributed by atoms with Gasteiger partial charge in [0.1, 0.15) is 6.04 Å². The van der Waals surface area contributed by atoms with E-state index in [2.05, 4.69) is 33.0 Å². The minimum absolute atomic E-state index is 0.0796. The fourth-order valence-corrected chi connectivity index (χ4v) is 5.62. The summed E-state index contributed by atoms with van der Waals surface area (Å²) in [6.45, 7) is 13.0. The van der Waals surface area contributed by atoms with Crippen LogP contribution in [0.5, 0.6) is 0 Å². The molecule has 3 aliphatic heterocycles. The van der Waals surface area contributed by atoms with Crippen LogP contribution in [-0.2, 0) is 14.4 Å². The van der Waals surface area contributed by atoms with Crippen molar-refractivity contribution in [2.45, 2.75) is 91.1 Å². The van der Waals surface area contributed by atoms with Gasteiger partial charge in [0, 0.05) is 45.7 Å². The zero-order valence-corrected chi connectivity index (χ0v) is 21.4. The predicted octanol–water partition coefficient (Wildman–Crippen LogP) is 2.89. The first-order chi connectivity index (χ1) is 15.8. The molecule has 3 fully saturated rings. The third-order valence-corrected chi connectivity index (χ3v) is 7.49. The van der Waals surface area contributed by atoms with E-state index in [0.717, 1.165) is 51.7 Å². The zero-order valence-electron chi connectivity index (χ0n) is 21.4. The fraction of sp³-hybridized carbons (Fsp3) is 0.885. The average Bonchev–Trinajstić information content (AvgIpc) is 2.79. The molecular formula is C26H46N4O3. The molecule has 0 aliphatic carbocycles. The lowest BCUT2D eigenvalue weighted by Gasteiger charge is -2.42. The van der Waals surface area contributed by atoms with Crippen molar-refractivity contribution in [1.82, 2.24) is 20.0 Å². The molecule has 0 saturated carbocycles. The molecule has 3 rings (SSSR count). The maximum atomic E-state index is 13.6. The second kappa shape index (κ2) is 12.2. The number of piperidine rings is 2. The Hall–Kier alpha value is -1.63. The highest BCUT2D eigenvalue weighted by Gasteiger charge is 2.39. The normalized spacial score (nSPS) is 24.0. The van der Waals surface area contributed by atoms with Crippen molar-refractivity contribution in [1.29, 1.82) is 0 Å². The number of amides is 3. The van der Waals surface area contributed by atoms with E-state index < -0.39 is 0 Å². The van der Waals surface area contributed by atoms with Gasteiger partial charge in [0.2, 0.25) is 17.7 Å². The monoisotopic (exact) mass is 462 g/mol. The third-order valence-electron chi connectivity index (χ3n) is 7.49. The van der Waals surface area contributed by atoms with Crippen LogP contribution in [-0.4, -0.2) is 83.8 Å². The number of rotatable bonds is 8. The van der Waals surface area contributed by atoms with E-state index in [1.165, 1.54) is 6.42 Å². The van der Waals surface area contributed by atoms with E-state index >= 15 is 0 Å². The van der Waals surface area contributed by atoms with E-state index in [1.807, 2.05) is 14.7 Å². The Balaban J connectivity index is 1.57. The average molecular weight is 463 g/mol. The second-order valence-electron chi connectivity index (χ2n) is 11.2. The van der Waals surface area contributed by atoms with Crippen molar-refractivity contribution in [3.63, 3.8) is 0 Å². The summed E-state index contributed by atoms with van der Waals surface area (Å²) < 4.78 is 0. The maximum absolute atomic E-state index is 13.6. The van der Waals surface area contributed by atoms with Crippen LogP contribution in [0.15, 0.2) is 0 Å². The van der Waals surface area contributed by atoms with Gasteiger partial charge in [0.15, 0.2) is 0 Å². The van der Waals surface area contributed by atoms with E-state index in [0.29, 0.717) is 56.1 Å². The van der Waals surface area contributed by atoms with Gasteiger partial charge in [0.05, 0.1) is 6.04 Å². The van der Waals surface area contributed by atoms with Gasteiger partial charge >= 0.3 is 0 Å². The first-order valence-electron chi connectivity index (χ1n) is 13.4. The summed E-state index contributed by atoms with van der Waals surface area (Å²) in [7, 11) is 0. The molecule has 3 amide bonds. The van der Waals surface area contributed by atoms with Gasteiger partial charge in [0.25, 0.3) is 0 Å². The number of hydrogen-bond donors (Lipinski definition) is 1. The highest BCUT2D eigenvalue weighted by molar-refractivity contribution is 5.90. The topological polar surface area (TPSA) is 73.0 Å². The van der Waals surface area contributed by atoms with Crippen LogP contribution in [0.2, 0.25) is 0 Å². The van der Waals surface area contributed by atoms with Crippen LogP contribution < -0.4 is 5.32 Å². The zero-order chi connectivity index (χ0) is 24.0. The van der Waals surface area contributed by atoms with Gasteiger partial charge in [-0.25, -0.2) is 0 Å². The minimum atomic E-state index is -0.374. The summed E-state index contributed by atoms with van der Waals surface area (Å²) >= 11 is 0. The third kappa shape index (κ3) is 7.17. The lowest BCUT2D eigenvalue weighted by atomic mass is 9.91. The van der Waals surface area contributed by atoms with Crippen LogP contribution in [0.3, 0.4) is 0 Å². The number of hydrogen-bond acceptors (Lipinski definition) is 4. The van der Waals surface area contributed by atoms with Gasteiger partial charge in [-0.15, -0.1) is 0 Å². The van der Waals surface area contributed by atoms with Crippen molar-refractivity contribution in [2.75, 3.05) is 39.3 Å². The van der Waals surface area contributed by atoms with Gasteiger partial charge in [-0.05, 0) is 62.7 Å². The minimum Gasteiger partial charge on any atom is -0.343 e. The molecule has 0 spiro atoms. The smallest absolute Gasteiger partial charge is 0.245 e. The Morgan fingerprint density at radius 2 is 1.58 bits per heavy atom. The van der Waals surface area contributed by atoms with E-state index in [-0.39, 0.29) is 23.9 Å². The van der Waals surface area contributed by atoms with Gasteiger partial charge in [-0.3, -0.25) is 14.4 Å². The van der Waals surface area contributed by atoms with Crippen molar-refractivity contribution in [2.24, 2.45) is 17.8 Å². The molecule has 33 heavy (non-hydrogen) atoms. The molecule has 188 valence electrons. The standard InChI is InChI=1S/C26H46N4O3/c1-19(2)16-22-25(32)30(15-10-27-22)23(17-20(3)4)26(33)29-13-8-21(9-14-29)18-24(31)28-11-6-5-7-12-28/h19-23,27H,5-18H2,1-4H3/t22-,23-/m0/s1. The number of nitrogens with one attached hydrogen (secondary N) is 1. The Kier molecular flexibility index (Phi) is 9.59. The van der Waals surface area contributed by atoms with E-state index in [1.54, 1.807) is 0 Å². The molecule has 1 N–H and O–H groups in total. The lowest BCUT2D eigenvalue weighted by molar-refractivity contribution is -0.150. The van der Waals surface area contributed by atoms with Crippen molar-refractivity contribution in [3.05, 3.63) is 0 Å². The molecular weight excluding hydrogens is 416 g/mol. The summed E-state index contributed by atoms with van der Waals surface area (Å²) in [5.74, 6) is 1.60. The predicted molar refractivity (Wildman–Crippen MR) is 131 cm³/mol. The Morgan fingerprint density at radius 1 is 0.909 bits per heavy atom. The Morgan fingerprint density at radius 3 is 2.18 bits per heavy atom. The van der Waals surface area contributed by atoms with Crippen molar-refractivity contribution < 1.29 is 14.4 Å². The molecule has 7 heteroatoms. The highest BCUT2D eigenvalue weighted by atomic mass is 16.2. The van der Waals surface area contributed by atoms with Gasteiger partial charge < -0.3 is 20.0 Å². The second-order valence-corrected chi connectivity index (χ2v) is 11.2. The van der Waals surface area contributed by atoms with Crippen LogP contribution in [0.1, 0.15) is 79.1 Å². The summed E-state index contributed by atoms with van der Waals surface area (Å²) in [4.78, 5) is 45.4.